The minimum atomic E-state index is -1.09. The Labute approximate surface area is 202 Å². The summed E-state index contributed by atoms with van der Waals surface area (Å²) in [5.74, 6) is 0.760. The summed E-state index contributed by atoms with van der Waals surface area (Å²) in [6, 6.07) is 7.50. The van der Waals surface area contributed by atoms with Gasteiger partial charge in [-0.25, -0.2) is 15.0 Å². The molecule has 0 saturated heterocycles. The Hall–Kier alpha value is -3.08. The second-order valence-electron chi connectivity index (χ2n) is 8.58. The maximum Gasteiger partial charge on any atom is 0.306 e. The molecule has 0 unspecified atom stereocenters. The number of rotatable bonds is 9. The molecular weight excluding hydrogens is 454 g/mol. The number of thiazole rings is 1. The zero-order chi connectivity index (χ0) is 24.1. The number of aliphatic carboxylic acids is 1. The van der Waals surface area contributed by atoms with Gasteiger partial charge in [-0.05, 0) is 69.3 Å². The van der Waals surface area contributed by atoms with Gasteiger partial charge in [-0.15, -0.1) is 11.3 Å². The van der Waals surface area contributed by atoms with Crippen molar-refractivity contribution < 1.29 is 19.7 Å². The van der Waals surface area contributed by atoms with Crippen molar-refractivity contribution in [2.45, 2.75) is 44.6 Å². The number of aromatic nitrogens is 3. The average Bonchev–Trinajstić information content (AvgIpc) is 3.31. The fourth-order valence-electron chi connectivity index (χ4n) is 4.00. The molecular formula is C24H29N5O4S. The van der Waals surface area contributed by atoms with Crippen LogP contribution in [0.5, 0.6) is 5.75 Å². The van der Waals surface area contributed by atoms with Crippen molar-refractivity contribution in [1.29, 1.82) is 0 Å². The van der Waals surface area contributed by atoms with Crippen LogP contribution >= 0.6 is 11.3 Å². The highest BCUT2D eigenvalue weighted by molar-refractivity contribution is 7.15. The van der Waals surface area contributed by atoms with E-state index in [4.69, 9.17) is 15.5 Å². The number of aryl methyl sites for hydroxylation is 1. The minimum absolute atomic E-state index is 0.389. The van der Waals surface area contributed by atoms with E-state index in [1.54, 1.807) is 18.5 Å². The monoisotopic (exact) mass is 483 g/mol. The van der Waals surface area contributed by atoms with Gasteiger partial charge in [-0.1, -0.05) is 0 Å². The van der Waals surface area contributed by atoms with Crippen molar-refractivity contribution in [1.82, 2.24) is 15.0 Å². The summed E-state index contributed by atoms with van der Waals surface area (Å²) in [4.78, 5) is 25.6. The van der Waals surface area contributed by atoms with Crippen molar-refractivity contribution in [3.8, 4) is 16.3 Å². The predicted octanol–water partition coefficient (Wildman–Crippen LogP) is 3.84. The van der Waals surface area contributed by atoms with E-state index in [2.05, 4.69) is 15.3 Å². The lowest BCUT2D eigenvalue weighted by Crippen LogP contribution is -2.33. The molecule has 34 heavy (non-hydrogen) atoms. The first-order valence-electron chi connectivity index (χ1n) is 11.3. The van der Waals surface area contributed by atoms with Crippen LogP contribution in [0.15, 0.2) is 36.7 Å². The average molecular weight is 484 g/mol. The van der Waals surface area contributed by atoms with Gasteiger partial charge in [0.25, 0.3) is 0 Å². The number of hydrogen-bond acceptors (Lipinski definition) is 9. The van der Waals surface area contributed by atoms with Crippen LogP contribution in [0.3, 0.4) is 0 Å². The Morgan fingerprint density at radius 3 is 2.79 bits per heavy atom. The molecule has 0 aliphatic heterocycles. The molecule has 1 aliphatic carbocycles. The molecule has 3 aromatic heterocycles. The van der Waals surface area contributed by atoms with Gasteiger partial charge in [0, 0.05) is 18.5 Å². The summed E-state index contributed by atoms with van der Waals surface area (Å²) in [6.07, 6.45) is 5.84. The summed E-state index contributed by atoms with van der Waals surface area (Å²) in [5, 5.41) is 24.2. The van der Waals surface area contributed by atoms with Gasteiger partial charge in [-0.2, -0.15) is 0 Å². The van der Waals surface area contributed by atoms with E-state index >= 15 is 0 Å². The summed E-state index contributed by atoms with van der Waals surface area (Å²) >= 11 is 1.39. The first-order valence-corrected chi connectivity index (χ1v) is 12.1. The van der Waals surface area contributed by atoms with Crippen LogP contribution in [0.2, 0.25) is 0 Å². The van der Waals surface area contributed by atoms with E-state index in [9.17, 15) is 15.0 Å². The fourth-order valence-corrected chi connectivity index (χ4v) is 5.02. The predicted molar refractivity (Wildman–Crippen MR) is 130 cm³/mol. The molecule has 10 heteroatoms. The van der Waals surface area contributed by atoms with Crippen LogP contribution < -0.4 is 15.8 Å². The smallest absolute Gasteiger partial charge is 0.306 e. The lowest BCUT2D eigenvalue weighted by molar-refractivity contribution is -0.145. The Bertz CT molecular complexity index is 1140. The van der Waals surface area contributed by atoms with E-state index in [-0.39, 0.29) is 0 Å². The van der Waals surface area contributed by atoms with Crippen molar-refractivity contribution >= 4 is 28.9 Å². The van der Waals surface area contributed by atoms with Gasteiger partial charge in [-0.3, -0.25) is 4.79 Å². The summed E-state index contributed by atoms with van der Waals surface area (Å²) in [5.41, 5.74) is 6.18. The lowest BCUT2D eigenvalue weighted by atomic mass is 9.79. The second kappa shape index (κ2) is 10.5. The molecule has 5 N–H and O–H groups in total. The third-order valence-electron chi connectivity index (χ3n) is 5.89. The standard InChI is InChI=1S/C24H29N5O4S/c1-15-11-18(19-14-27-23(34-19)24(32)6-3-16(4-7-24)22(30)31)28-21(12-15)29-20-13-17(5-9-26-20)33-10-2-8-25/h5,9,11-14,16,32H,2-4,6-8,10,25H2,1H3,(H,30,31)(H,26,28,29)/t16-,24-. The van der Waals surface area contributed by atoms with Crippen LogP contribution in [0.4, 0.5) is 11.6 Å². The zero-order valence-electron chi connectivity index (χ0n) is 19.0. The molecule has 0 radical (unpaired) electrons. The maximum atomic E-state index is 11.2. The number of nitrogens with one attached hydrogen (secondary N) is 1. The molecule has 180 valence electrons. The molecule has 4 rings (SSSR count). The second-order valence-corrected chi connectivity index (χ2v) is 9.61. The topological polar surface area (TPSA) is 143 Å². The van der Waals surface area contributed by atoms with Crippen LogP contribution in [0, 0.1) is 12.8 Å². The van der Waals surface area contributed by atoms with E-state index < -0.39 is 17.5 Å². The largest absolute Gasteiger partial charge is 0.493 e. The third-order valence-corrected chi connectivity index (χ3v) is 7.11. The minimum Gasteiger partial charge on any atom is -0.493 e. The first-order chi connectivity index (χ1) is 16.4. The molecule has 0 bridgehead atoms. The Morgan fingerprint density at radius 1 is 1.26 bits per heavy atom. The zero-order valence-corrected chi connectivity index (χ0v) is 19.8. The number of carbonyl (C=O) groups is 1. The van der Waals surface area contributed by atoms with Crippen molar-refractivity contribution in [2.24, 2.45) is 11.7 Å². The van der Waals surface area contributed by atoms with Gasteiger partial charge in [0.15, 0.2) is 0 Å². The Balaban J connectivity index is 1.50. The molecule has 0 spiro atoms. The normalized spacial score (nSPS) is 20.1. The molecule has 0 atom stereocenters. The molecule has 1 saturated carbocycles. The summed E-state index contributed by atoms with van der Waals surface area (Å²) in [7, 11) is 0. The van der Waals surface area contributed by atoms with Gasteiger partial charge >= 0.3 is 5.97 Å². The number of aliphatic hydroxyl groups is 1. The summed E-state index contributed by atoms with van der Waals surface area (Å²) < 4.78 is 5.69. The van der Waals surface area contributed by atoms with E-state index in [1.807, 2.05) is 25.1 Å². The van der Waals surface area contributed by atoms with E-state index in [1.165, 1.54) is 11.3 Å². The van der Waals surface area contributed by atoms with Crippen LogP contribution in [-0.2, 0) is 10.4 Å². The van der Waals surface area contributed by atoms with Crippen LogP contribution in [-0.4, -0.2) is 44.3 Å². The number of ether oxygens (including phenoxy) is 1. The first kappa shape index (κ1) is 24.1. The van der Waals surface area contributed by atoms with Crippen molar-refractivity contribution in [3.05, 3.63) is 47.2 Å². The molecule has 3 heterocycles. The third kappa shape index (κ3) is 5.69. The highest BCUT2D eigenvalue weighted by Crippen LogP contribution is 2.42. The molecule has 1 aliphatic rings. The SMILES string of the molecule is Cc1cc(Nc2cc(OCCCN)ccn2)nc(-c2cnc([C@]3(O)CC[C@H](C(=O)O)CC3)s2)c1. The van der Waals surface area contributed by atoms with Crippen molar-refractivity contribution in [2.75, 3.05) is 18.5 Å². The lowest BCUT2D eigenvalue weighted by Gasteiger charge is -2.32. The fraction of sp³-hybridized carbons (Fsp3) is 0.417. The number of anilines is 2. The summed E-state index contributed by atoms with van der Waals surface area (Å²) in [6.45, 7) is 3.11. The number of pyridine rings is 2. The molecule has 1 fully saturated rings. The Morgan fingerprint density at radius 2 is 2.06 bits per heavy atom. The van der Waals surface area contributed by atoms with Crippen LogP contribution in [0.25, 0.3) is 10.6 Å². The molecule has 0 aromatic carbocycles. The van der Waals surface area contributed by atoms with Crippen molar-refractivity contribution in [3.63, 3.8) is 0 Å². The van der Waals surface area contributed by atoms with Gasteiger partial charge < -0.3 is 26.0 Å². The molecule has 0 amide bonds. The quantitative estimate of drug-likeness (QED) is 0.334. The van der Waals surface area contributed by atoms with Gasteiger partial charge in [0.1, 0.15) is 28.0 Å². The molecule has 9 nitrogen and oxygen atoms in total. The Kier molecular flexibility index (Phi) is 7.40. The number of carboxylic acid groups (broad SMARTS) is 1. The molecule has 3 aromatic rings. The van der Waals surface area contributed by atoms with E-state index in [0.29, 0.717) is 61.2 Å². The van der Waals surface area contributed by atoms with E-state index in [0.717, 1.165) is 22.6 Å². The number of nitrogens with zero attached hydrogens (tertiary/aromatic N) is 3. The maximum absolute atomic E-state index is 11.2. The highest BCUT2D eigenvalue weighted by Gasteiger charge is 2.39. The van der Waals surface area contributed by atoms with Gasteiger partial charge in [0.2, 0.25) is 0 Å². The highest BCUT2D eigenvalue weighted by atomic mass is 32.1. The number of nitrogens with two attached hydrogens (primary N) is 1. The van der Waals surface area contributed by atoms with Gasteiger partial charge in [0.05, 0.1) is 23.1 Å². The number of hydrogen-bond donors (Lipinski definition) is 4. The van der Waals surface area contributed by atoms with Crippen LogP contribution in [0.1, 0.15) is 42.7 Å². The number of carboxylic acids is 1.